The molecule has 2 aliphatic rings. The van der Waals surface area contributed by atoms with Crippen molar-refractivity contribution in [1.29, 1.82) is 0 Å². The quantitative estimate of drug-likeness (QED) is 0.190. The fourth-order valence-electron chi connectivity index (χ4n) is 5.93. The van der Waals surface area contributed by atoms with E-state index >= 15 is 0 Å². The number of hydrogen-bond donors (Lipinski definition) is 4. The minimum absolute atomic E-state index is 0.489. The average molecular weight is 601 g/mol. The molecule has 0 saturated carbocycles. The van der Waals surface area contributed by atoms with Crippen LogP contribution in [0, 0.1) is 10.8 Å². The zero-order valence-electron chi connectivity index (χ0n) is 28.6. The molecule has 0 radical (unpaired) electrons. The van der Waals surface area contributed by atoms with Crippen molar-refractivity contribution in [2.75, 3.05) is 0 Å². The number of aliphatic hydroxyl groups excluding tert-OH is 4. The summed E-state index contributed by atoms with van der Waals surface area (Å²) in [5.74, 6) is 0. The lowest BCUT2D eigenvalue weighted by Gasteiger charge is -2.40. The maximum absolute atomic E-state index is 10.4. The third-order valence-corrected chi connectivity index (χ3v) is 8.84. The highest BCUT2D eigenvalue weighted by molar-refractivity contribution is 5.40. The highest BCUT2D eigenvalue weighted by atomic mass is 16.3. The molecule has 2 rings (SSSR count). The monoisotopic (exact) mass is 600 g/mol. The lowest BCUT2D eigenvalue weighted by atomic mass is 9.69. The van der Waals surface area contributed by atoms with Crippen LogP contribution in [0.3, 0.4) is 0 Å². The Balaban J connectivity index is 1.94. The van der Waals surface area contributed by atoms with Gasteiger partial charge in [-0.2, -0.15) is 0 Å². The first kappa shape index (κ1) is 37.2. The number of allylic oxidation sites excluding steroid dienone is 18. The van der Waals surface area contributed by atoms with E-state index in [1.807, 2.05) is 65.8 Å². The van der Waals surface area contributed by atoms with Gasteiger partial charge in [-0.1, -0.05) is 146 Å². The van der Waals surface area contributed by atoms with Crippen LogP contribution in [0.4, 0.5) is 0 Å². The molecule has 0 heterocycles. The first-order valence-electron chi connectivity index (χ1n) is 15.7. The fourth-order valence-corrected chi connectivity index (χ4v) is 5.93. The van der Waals surface area contributed by atoms with E-state index < -0.39 is 35.2 Å². The first-order chi connectivity index (χ1) is 20.5. The van der Waals surface area contributed by atoms with Crippen molar-refractivity contribution in [3.8, 4) is 0 Å². The van der Waals surface area contributed by atoms with Crippen molar-refractivity contribution in [1.82, 2.24) is 0 Å². The van der Waals surface area contributed by atoms with Crippen LogP contribution < -0.4 is 0 Å². The first-order valence-corrected chi connectivity index (χ1v) is 15.7. The van der Waals surface area contributed by atoms with Gasteiger partial charge in [-0.25, -0.2) is 0 Å². The third-order valence-electron chi connectivity index (χ3n) is 8.84. The van der Waals surface area contributed by atoms with E-state index in [-0.39, 0.29) is 0 Å². The second kappa shape index (κ2) is 16.3. The number of aliphatic hydroxyl groups is 4. The molecule has 0 spiro atoms. The predicted octanol–water partition coefficient (Wildman–Crippen LogP) is 8.49. The molecule has 0 aromatic heterocycles. The average Bonchev–Trinajstić information content (AvgIpc) is 2.92. The standard InChI is InChI=1S/C40H56O4/c1-27(17-13-19-29(3)21-23-33-31(5)25-35(41)37(43)39(33,7)8)15-11-12-16-28(2)18-14-20-30(4)22-24-34-32(6)26-36(42)38(44)40(34,9)10/h11-24,35-38,41-44H,25-26H2,1-10H3/b12-11+,17-13+,18-14+,23-21+,24-22+,27-15+,28-16+,29-19+,30-20+/t35-,36-,37?,38?/m1/s1. The molecule has 2 unspecified atom stereocenters. The second-order valence-corrected chi connectivity index (χ2v) is 13.7. The van der Waals surface area contributed by atoms with E-state index in [0.29, 0.717) is 12.8 Å². The fraction of sp³-hybridized carbons (Fsp3) is 0.450. The molecule has 4 heteroatoms. The Hall–Kier alpha value is -3.02. The smallest absolute Gasteiger partial charge is 0.0893 e. The van der Waals surface area contributed by atoms with E-state index in [4.69, 9.17) is 0 Å². The Morgan fingerprint density at radius 2 is 0.818 bits per heavy atom. The molecule has 0 fully saturated rings. The maximum Gasteiger partial charge on any atom is 0.0893 e. The van der Waals surface area contributed by atoms with Gasteiger partial charge in [-0.3, -0.25) is 0 Å². The molecule has 0 aliphatic heterocycles. The summed E-state index contributed by atoms with van der Waals surface area (Å²) in [7, 11) is 0. The van der Waals surface area contributed by atoms with Crippen LogP contribution in [0.2, 0.25) is 0 Å². The van der Waals surface area contributed by atoms with Gasteiger partial charge < -0.3 is 20.4 Å². The molecule has 0 bridgehead atoms. The zero-order chi connectivity index (χ0) is 33.2. The number of hydrogen-bond acceptors (Lipinski definition) is 4. The lowest BCUT2D eigenvalue weighted by molar-refractivity contribution is -0.0439. The molecule has 0 aromatic rings. The largest absolute Gasteiger partial charge is 0.390 e. The van der Waals surface area contributed by atoms with Gasteiger partial charge >= 0.3 is 0 Å². The Kier molecular flexibility index (Phi) is 13.8. The molecule has 4 N–H and O–H groups in total. The summed E-state index contributed by atoms with van der Waals surface area (Å²) in [6.45, 7) is 20.2. The van der Waals surface area contributed by atoms with Gasteiger partial charge in [-0.15, -0.1) is 0 Å². The Labute approximate surface area is 267 Å². The minimum atomic E-state index is -0.768. The molecule has 4 nitrogen and oxygen atoms in total. The topological polar surface area (TPSA) is 80.9 Å². The van der Waals surface area contributed by atoms with Crippen molar-refractivity contribution in [2.24, 2.45) is 10.8 Å². The molecular formula is C40H56O4. The summed E-state index contributed by atoms with van der Waals surface area (Å²) in [4.78, 5) is 0. The van der Waals surface area contributed by atoms with Crippen LogP contribution in [0.5, 0.6) is 0 Å². The Bertz CT molecular complexity index is 1260. The van der Waals surface area contributed by atoms with Crippen LogP contribution >= 0.6 is 0 Å². The predicted molar refractivity (Wildman–Crippen MR) is 187 cm³/mol. The van der Waals surface area contributed by atoms with E-state index in [1.54, 1.807) is 0 Å². The van der Waals surface area contributed by atoms with Gasteiger partial charge in [0.05, 0.1) is 24.4 Å². The summed E-state index contributed by atoms with van der Waals surface area (Å²) in [5.41, 5.74) is 7.93. The van der Waals surface area contributed by atoms with Crippen molar-refractivity contribution < 1.29 is 20.4 Å². The molecule has 0 saturated heterocycles. The second-order valence-electron chi connectivity index (χ2n) is 13.7. The highest BCUT2D eigenvalue weighted by Crippen LogP contribution is 2.42. The van der Waals surface area contributed by atoms with Gasteiger partial charge in [0.25, 0.3) is 0 Å². The van der Waals surface area contributed by atoms with Crippen molar-refractivity contribution >= 4 is 0 Å². The van der Waals surface area contributed by atoms with Crippen molar-refractivity contribution in [3.05, 3.63) is 130 Å². The van der Waals surface area contributed by atoms with E-state index in [9.17, 15) is 20.4 Å². The Morgan fingerprint density at radius 3 is 1.16 bits per heavy atom. The lowest BCUT2D eigenvalue weighted by Crippen LogP contribution is -2.44. The molecule has 2 aliphatic carbocycles. The van der Waals surface area contributed by atoms with Crippen LogP contribution in [-0.2, 0) is 0 Å². The van der Waals surface area contributed by atoms with E-state index in [2.05, 4.69) is 88.5 Å². The molecular weight excluding hydrogens is 544 g/mol. The molecule has 44 heavy (non-hydrogen) atoms. The van der Waals surface area contributed by atoms with Crippen LogP contribution in [0.1, 0.15) is 82.1 Å². The van der Waals surface area contributed by atoms with Crippen molar-refractivity contribution in [3.63, 3.8) is 0 Å². The summed E-state index contributed by atoms with van der Waals surface area (Å²) >= 11 is 0. The minimum Gasteiger partial charge on any atom is -0.390 e. The van der Waals surface area contributed by atoms with Crippen molar-refractivity contribution in [2.45, 2.75) is 106 Å². The molecule has 0 amide bonds. The van der Waals surface area contributed by atoms with Gasteiger partial charge in [0.1, 0.15) is 0 Å². The van der Waals surface area contributed by atoms with Gasteiger partial charge in [0, 0.05) is 10.8 Å². The van der Waals surface area contributed by atoms with Crippen LogP contribution in [-0.4, -0.2) is 44.8 Å². The summed E-state index contributed by atoms with van der Waals surface area (Å²) < 4.78 is 0. The molecule has 4 atom stereocenters. The zero-order valence-corrected chi connectivity index (χ0v) is 28.6. The van der Waals surface area contributed by atoms with Gasteiger partial charge in [0.2, 0.25) is 0 Å². The molecule has 0 aromatic carbocycles. The number of rotatable bonds is 10. The summed E-state index contributed by atoms with van der Waals surface area (Å²) in [5, 5.41) is 41.1. The van der Waals surface area contributed by atoms with Crippen LogP contribution in [0.15, 0.2) is 130 Å². The highest BCUT2D eigenvalue weighted by Gasteiger charge is 2.41. The maximum atomic E-state index is 10.4. The van der Waals surface area contributed by atoms with Gasteiger partial charge in [0.15, 0.2) is 0 Å². The summed E-state index contributed by atoms with van der Waals surface area (Å²) in [6.07, 6.45) is 26.9. The van der Waals surface area contributed by atoms with Crippen LogP contribution in [0.25, 0.3) is 0 Å². The van der Waals surface area contributed by atoms with Gasteiger partial charge in [-0.05, 0) is 65.5 Å². The van der Waals surface area contributed by atoms with E-state index in [1.165, 1.54) is 0 Å². The SMILES string of the molecule is CC1=C(/C=C/C(C)=C/C=C/C(C)=C/C=C/C=C(C)/C=C/C=C(C)/C=C/C2=C(C)C[C@@H](O)C(O)C2(C)C)C(C)(C)C(O)[C@H](O)C1. The Morgan fingerprint density at radius 1 is 0.523 bits per heavy atom. The summed E-state index contributed by atoms with van der Waals surface area (Å²) in [6, 6.07) is 0. The normalized spacial score (nSPS) is 27.9. The third kappa shape index (κ3) is 10.3. The molecule has 240 valence electrons. The van der Waals surface area contributed by atoms with E-state index in [0.717, 1.165) is 44.6 Å².